The molecule has 9 nitrogen and oxygen atoms in total. The molecule has 0 aliphatic heterocycles. The van der Waals surface area contributed by atoms with Gasteiger partial charge in [-0.25, -0.2) is 4.79 Å². The number of methoxy groups -OCH3 is 1. The van der Waals surface area contributed by atoms with Gasteiger partial charge in [0.1, 0.15) is 11.5 Å². The number of benzene rings is 2. The Kier molecular flexibility index (Phi) is 10.8. The molecule has 0 saturated carbocycles. The van der Waals surface area contributed by atoms with Crippen molar-refractivity contribution in [3.63, 3.8) is 0 Å². The van der Waals surface area contributed by atoms with Crippen LogP contribution in [0.25, 0.3) is 10.9 Å². The lowest BCUT2D eigenvalue weighted by molar-refractivity contribution is 0.250. The molecular weight excluding hydrogens is 508 g/mol. The number of aliphatic hydroxyl groups excluding tert-OH is 1. The Morgan fingerprint density at radius 1 is 1.05 bits per heavy atom. The molecule has 0 fully saturated rings. The molecule has 10 heteroatoms. The summed E-state index contributed by atoms with van der Waals surface area (Å²) < 4.78 is 17.6. The summed E-state index contributed by atoms with van der Waals surface area (Å²) in [5, 5.41) is 18.7. The van der Waals surface area contributed by atoms with Gasteiger partial charge in [-0.3, -0.25) is 4.98 Å². The molecular formula is C28H37ClN4O5. The third-order valence-corrected chi connectivity index (χ3v) is 5.92. The molecule has 2 amide bonds. The lowest BCUT2D eigenvalue weighted by atomic mass is 9.92. The van der Waals surface area contributed by atoms with E-state index in [-0.39, 0.29) is 18.1 Å². The molecule has 0 saturated heterocycles. The molecule has 0 bridgehead atoms. The zero-order valence-corrected chi connectivity index (χ0v) is 23.2. The van der Waals surface area contributed by atoms with Crippen LogP contribution in [0.4, 0.5) is 10.5 Å². The molecule has 3 rings (SSSR count). The zero-order chi connectivity index (χ0) is 27.5. The molecule has 0 atom stereocenters. The Hall–Kier alpha value is -3.27. The van der Waals surface area contributed by atoms with Gasteiger partial charge in [0.2, 0.25) is 0 Å². The highest BCUT2D eigenvalue weighted by molar-refractivity contribution is 6.33. The Labute approximate surface area is 228 Å². The van der Waals surface area contributed by atoms with Gasteiger partial charge in [-0.2, -0.15) is 0 Å². The maximum Gasteiger partial charge on any atom is 0.319 e. The number of anilines is 1. The first kappa shape index (κ1) is 29.3. The van der Waals surface area contributed by atoms with E-state index >= 15 is 0 Å². The summed E-state index contributed by atoms with van der Waals surface area (Å²) in [6, 6.07) is 10.2. The number of aliphatic hydroxyl groups is 1. The van der Waals surface area contributed by atoms with Crippen molar-refractivity contribution in [1.82, 2.24) is 15.6 Å². The Morgan fingerprint density at radius 2 is 1.87 bits per heavy atom. The van der Waals surface area contributed by atoms with E-state index in [0.29, 0.717) is 58.9 Å². The number of hydrogen-bond acceptors (Lipinski definition) is 7. The molecule has 1 aromatic heterocycles. The predicted molar refractivity (Wildman–Crippen MR) is 151 cm³/mol. The van der Waals surface area contributed by atoms with Gasteiger partial charge < -0.3 is 35.3 Å². The van der Waals surface area contributed by atoms with Gasteiger partial charge in [-0.1, -0.05) is 32.4 Å². The Bertz CT molecular complexity index is 1220. The van der Waals surface area contributed by atoms with Gasteiger partial charge in [-0.15, -0.1) is 0 Å². The van der Waals surface area contributed by atoms with Crippen LogP contribution in [0.1, 0.15) is 33.6 Å². The van der Waals surface area contributed by atoms with Crippen molar-refractivity contribution < 1.29 is 24.1 Å². The molecule has 4 N–H and O–H groups in total. The zero-order valence-electron chi connectivity index (χ0n) is 22.4. The van der Waals surface area contributed by atoms with Crippen LogP contribution in [-0.4, -0.2) is 56.1 Å². The van der Waals surface area contributed by atoms with Crippen LogP contribution < -0.4 is 30.2 Å². The molecule has 0 radical (unpaired) electrons. The lowest BCUT2D eigenvalue weighted by Gasteiger charge is -2.18. The number of carbonyl (C=O) groups is 1. The maximum atomic E-state index is 12.2. The van der Waals surface area contributed by atoms with E-state index in [1.807, 2.05) is 12.1 Å². The van der Waals surface area contributed by atoms with Crippen molar-refractivity contribution in [2.75, 3.05) is 45.3 Å². The summed E-state index contributed by atoms with van der Waals surface area (Å²) in [7, 11) is 1.58. The first-order valence-electron chi connectivity index (χ1n) is 12.6. The van der Waals surface area contributed by atoms with E-state index in [9.17, 15) is 4.79 Å². The summed E-state index contributed by atoms with van der Waals surface area (Å²) >= 11 is 6.43. The van der Waals surface area contributed by atoms with Crippen LogP contribution in [0.2, 0.25) is 5.02 Å². The molecule has 0 spiro atoms. The van der Waals surface area contributed by atoms with Gasteiger partial charge >= 0.3 is 6.03 Å². The normalized spacial score (nSPS) is 11.3. The number of nitrogens with zero attached hydrogens (tertiary/aromatic N) is 1. The number of aromatic nitrogens is 1. The van der Waals surface area contributed by atoms with E-state index in [0.717, 1.165) is 24.8 Å². The average molecular weight is 545 g/mol. The highest BCUT2D eigenvalue weighted by Crippen LogP contribution is 2.38. The summed E-state index contributed by atoms with van der Waals surface area (Å²) in [5.41, 5.74) is 1.31. The second-order valence-corrected chi connectivity index (χ2v) is 10.3. The quantitative estimate of drug-likeness (QED) is 0.207. The summed E-state index contributed by atoms with van der Waals surface area (Å²) in [5.74, 6) is 2.24. The second kappa shape index (κ2) is 14.0. The molecule has 0 aliphatic rings. The van der Waals surface area contributed by atoms with Gasteiger partial charge in [0.15, 0.2) is 11.5 Å². The predicted octanol–water partition coefficient (Wildman–Crippen LogP) is 5.60. The standard InChI is InChI=1S/C28H37ClN4O5/c1-28(2,3)9-12-32-27(35)33-22-7-6-19(16-21(22)29)38-24-8-11-31-23-18-26(25(36-4)17-20(23)24)37-15-5-10-30-13-14-34/h6-8,11,16-18,30,34H,5,9-10,12-15H2,1-4H3,(H2,32,33,35). The van der Waals surface area contributed by atoms with Gasteiger partial charge in [0, 0.05) is 36.8 Å². The van der Waals surface area contributed by atoms with Crippen LogP contribution >= 0.6 is 11.6 Å². The summed E-state index contributed by atoms with van der Waals surface area (Å²) in [6.45, 7) is 8.84. The summed E-state index contributed by atoms with van der Waals surface area (Å²) in [6.07, 6.45) is 3.30. The maximum absolute atomic E-state index is 12.2. The average Bonchev–Trinajstić information content (AvgIpc) is 2.86. The molecule has 3 aromatic rings. The van der Waals surface area contributed by atoms with Crippen molar-refractivity contribution in [3.8, 4) is 23.0 Å². The van der Waals surface area contributed by atoms with Gasteiger partial charge in [0.05, 0.1) is 36.6 Å². The largest absolute Gasteiger partial charge is 0.493 e. The number of urea groups is 1. The fourth-order valence-electron chi connectivity index (χ4n) is 3.58. The highest BCUT2D eigenvalue weighted by atomic mass is 35.5. The fourth-order valence-corrected chi connectivity index (χ4v) is 3.80. The van der Waals surface area contributed by atoms with Gasteiger partial charge in [-0.05, 0) is 49.1 Å². The number of ether oxygens (including phenoxy) is 3. The van der Waals surface area contributed by atoms with Crippen LogP contribution in [-0.2, 0) is 0 Å². The molecule has 0 unspecified atom stereocenters. The highest BCUT2D eigenvalue weighted by Gasteiger charge is 2.14. The van der Waals surface area contributed by atoms with Crippen LogP contribution in [0.5, 0.6) is 23.0 Å². The number of halogens is 1. The molecule has 38 heavy (non-hydrogen) atoms. The van der Waals surface area contributed by atoms with E-state index in [4.69, 9.17) is 30.9 Å². The third-order valence-electron chi connectivity index (χ3n) is 5.61. The number of fused-ring (bicyclic) bond motifs is 1. The smallest absolute Gasteiger partial charge is 0.319 e. The Morgan fingerprint density at radius 3 is 2.58 bits per heavy atom. The number of nitrogens with one attached hydrogen (secondary N) is 3. The lowest BCUT2D eigenvalue weighted by Crippen LogP contribution is -2.31. The minimum Gasteiger partial charge on any atom is -0.493 e. The summed E-state index contributed by atoms with van der Waals surface area (Å²) in [4.78, 5) is 16.7. The van der Waals surface area contributed by atoms with Gasteiger partial charge in [0.25, 0.3) is 0 Å². The molecule has 0 aliphatic carbocycles. The molecule has 206 valence electrons. The van der Waals surface area contributed by atoms with Crippen molar-refractivity contribution in [2.45, 2.75) is 33.6 Å². The van der Waals surface area contributed by atoms with E-state index in [2.05, 4.69) is 41.7 Å². The van der Waals surface area contributed by atoms with Crippen molar-refractivity contribution >= 4 is 34.2 Å². The first-order chi connectivity index (χ1) is 18.2. The number of rotatable bonds is 13. The molecule has 1 heterocycles. The number of carbonyl (C=O) groups excluding carboxylic acids is 1. The first-order valence-corrected chi connectivity index (χ1v) is 13.0. The monoisotopic (exact) mass is 544 g/mol. The fraction of sp³-hybridized carbons (Fsp3) is 0.429. The van der Waals surface area contributed by atoms with Crippen LogP contribution in [0, 0.1) is 5.41 Å². The van der Waals surface area contributed by atoms with Crippen LogP contribution in [0.3, 0.4) is 0 Å². The second-order valence-electron chi connectivity index (χ2n) is 9.94. The van der Waals surface area contributed by atoms with E-state index in [1.165, 1.54) is 0 Å². The van der Waals surface area contributed by atoms with Crippen LogP contribution in [0.15, 0.2) is 42.6 Å². The van der Waals surface area contributed by atoms with E-state index < -0.39 is 0 Å². The number of pyridine rings is 1. The minimum atomic E-state index is -0.309. The van der Waals surface area contributed by atoms with E-state index in [1.54, 1.807) is 37.6 Å². The molecule has 2 aromatic carbocycles. The minimum absolute atomic E-state index is 0.109. The number of hydrogen-bond donors (Lipinski definition) is 4. The third kappa shape index (κ3) is 8.93. The van der Waals surface area contributed by atoms with Crippen molar-refractivity contribution in [3.05, 3.63) is 47.6 Å². The SMILES string of the molecule is COc1cc2c(Oc3ccc(NC(=O)NCCC(C)(C)C)c(Cl)c3)ccnc2cc1OCCCNCCO. The van der Waals surface area contributed by atoms with Crippen molar-refractivity contribution in [2.24, 2.45) is 5.41 Å². The number of amides is 2. The van der Waals surface area contributed by atoms with Crippen molar-refractivity contribution in [1.29, 1.82) is 0 Å². The topological polar surface area (TPSA) is 114 Å². The Balaban J connectivity index is 1.68.